The van der Waals surface area contributed by atoms with Crippen LogP contribution in [0.1, 0.15) is 141 Å². The molecule has 0 radical (unpaired) electrons. The fourth-order valence-corrected chi connectivity index (χ4v) is 5.68. The van der Waals surface area contributed by atoms with E-state index in [1.807, 2.05) is 72.1 Å². The van der Waals surface area contributed by atoms with E-state index < -0.39 is 22.9 Å². The van der Waals surface area contributed by atoms with E-state index in [9.17, 15) is 14.4 Å². The normalized spacial score (nSPS) is 21.5. The fraction of sp³-hybridized carbons (Fsp3) is 0.909. The Morgan fingerprint density at radius 3 is 1.42 bits per heavy atom. The molecule has 0 aliphatic carbocycles. The number of ether oxygens (including phenoxy) is 3. The lowest BCUT2D eigenvalue weighted by molar-refractivity contribution is 0.00161. The van der Waals surface area contributed by atoms with Crippen LogP contribution < -0.4 is 11.1 Å². The number of carbonyl (C=O) groups is 3. The lowest BCUT2D eigenvalue weighted by Crippen LogP contribution is -2.49. The van der Waals surface area contributed by atoms with E-state index in [2.05, 4.69) is 33.0 Å². The van der Waals surface area contributed by atoms with Gasteiger partial charge in [-0.15, -0.1) is 0 Å². The van der Waals surface area contributed by atoms with E-state index in [1.54, 1.807) is 0 Å². The molecule has 0 aromatic rings. The van der Waals surface area contributed by atoms with Crippen molar-refractivity contribution in [1.29, 1.82) is 0 Å². The Labute approximate surface area is 262 Å². The van der Waals surface area contributed by atoms with Crippen LogP contribution in [0.3, 0.4) is 0 Å². The number of hydrogen-bond donors (Lipinski definition) is 2. The van der Waals surface area contributed by atoms with Gasteiger partial charge in [-0.05, 0) is 148 Å². The van der Waals surface area contributed by atoms with E-state index in [1.165, 1.54) is 0 Å². The molecule has 3 N–H and O–H groups in total. The first kappa shape index (κ1) is 38.8. The lowest BCUT2D eigenvalue weighted by Gasteiger charge is -2.37. The van der Waals surface area contributed by atoms with Gasteiger partial charge in [0.2, 0.25) is 0 Å². The van der Waals surface area contributed by atoms with Gasteiger partial charge in [0, 0.05) is 29.7 Å². The van der Waals surface area contributed by atoms with Crippen molar-refractivity contribution in [3.63, 3.8) is 0 Å². The second kappa shape index (κ2) is 15.2. The molecule has 2 atom stereocenters. The van der Waals surface area contributed by atoms with Crippen LogP contribution in [0, 0.1) is 0 Å². The third-order valence-corrected chi connectivity index (χ3v) is 7.52. The highest BCUT2D eigenvalue weighted by Crippen LogP contribution is 2.37. The molecular formula is C33H64N4O6. The molecule has 2 aliphatic rings. The number of carbonyl (C=O) groups excluding carboxylic acids is 3. The largest absolute Gasteiger partial charge is 0.444 e. The first-order chi connectivity index (χ1) is 19.4. The maximum absolute atomic E-state index is 12.6. The molecule has 0 bridgehead atoms. The molecule has 0 spiro atoms. The third kappa shape index (κ3) is 14.0. The summed E-state index contributed by atoms with van der Waals surface area (Å²) in [5.74, 6) is 0. The smallest absolute Gasteiger partial charge is 0.410 e. The van der Waals surface area contributed by atoms with Gasteiger partial charge in [-0.1, -0.05) is 0 Å². The molecule has 43 heavy (non-hydrogen) atoms. The summed E-state index contributed by atoms with van der Waals surface area (Å²) in [5, 5.41) is 2.77. The second-order valence-corrected chi connectivity index (χ2v) is 16.2. The zero-order valence-corrected chi connectivity index (χ0v) is 29.6. The Kier molecular flexibility index (Phi) is 13.7. The highest BCUT2D eigenvalue weighted by atomic mass is 16.6. The quantitative estimate of drug-likeness (QED) is 0.227. The minimum Gasteiger partial charge on any atom is -0.444 e. The highest BCUT2D eigenvalue weighted by Gasteiger charge is 2.45. The molecule has 3 amide bonds. The fourth-order valence-electron chi connectivity index (χ4n) is 5.68. The minimum absolute atomic E-state index is 0.110. The second-order valence-electron chi connectivity index (χ2n) is 16.2. The molecule has 2 rings (SSSR count). The van der Waals surface area contributed by atoms with Crippen LogP contribution in [0.2, 0.25) is 0 Å². The minimum atomic E-state index is -0.501. The van der Waals surface area contributed by atoms with E-state index in [0.717, 1.165) is 51.4 Å². The van der Waals surface area contributed by atoms with Gasteiger partial charge < -0.3 is 35.1 Å². The predicted octanol–water partition coefficient (Wildman–Crippen LogP) is 7.37. The van der Waals surface area contributed by atoms with Gasteiger partial charge in [0.05, 0.1) is 0 Å². The number of amides is 3. The number of alkyl carbamates (subject to hydrolysis) is 1. The summed E-state index contributed by atoms with van der Waals surface area (Å²) in [4.78, 5) is 40.4. The molecule has 10 nitrogen and oxygen atoms in total. The van der Waals surface area contributed by atoms with Crippen LogP contribution >= 0.6 is 0 Å². The number of rotatable bonds is 7. The molecule has 10 heteroatoms. The molecule has 252 valence electrons. The monoisotopic (exact) mass is 612 g/mol. The summed E-state index contributed by atoms with van der Waals surface area (Å²) in [5.41, 5.74) is 3.82. The van der Waals surface area contributed by atoms with Gasteiger partial charge in [-0.3, -0.25) is 0 Å². The Morgan fingerprint density at radius 1 is 0.698 bits per heavy atom. The Balaban J connectivity index is 0.000000453. The van der Waals surface area contributed by atoms with Crippen molar-refractivity contribution in [2.45, 2.75) is 181 Å². The van der Waals surface area contributed by atoms with Crippen LogP contribution in [0.5, 0.6) is 0 Å². The number of nitrogens with one attached hydrogen (secondary N) is 1. The van der Waals surface area contributed by atoms with Gasteiger partial charge in [0.25, 0.3) is 0 Å². The third-order valence-electron chi connectivity index (χ3n) is 7.52. The zero-order valence-electron chi connectivity index (χ0n) is 29.6. The molecule has 2 aliphatic heterocycles. The van der Waals surface area contributed by atoms with Crippen LogP contribution in [-0.2, 0) is 14.2 Å². The van der Waals surface area contributed by atoms with E-state index in [-0.39, 0.29) is 35.3 Å². The maximum atomic E-state index is 12.6. The lowest BCUT2D eigenvalue weighted by atomic mass is 10.0. The summed E-state index contributed by atoms with van der Waals surface area (Å²) >= 11 is 0. The van der Waals surface area contributed by atoms with Crippen molar-refractivity contribution in [2.75, 3.05) is 13.1 Å². The van der Waals surface area contributed by atoms with Gasteiger partial charge in [-0.2, -0.15) is 0 Å². The first-order valence-electron chi connectivity index (χ1n) is 16.1. The van der Waals surface area contributed by atoms with Crippen LogP contribution in [0.25, 0.3) is 0 Å². The van der Waals surface area contributed by atoms with E-state index in [4.69, 9.17) is 19.9 Å². The maximum Gasteiger partial charge on any atom is 0.410 e. The van der Waals surface area contributed by atoms with Crippen molar-refractivity contribution < 1.29 is 28.6 Å². The average Bonchev–Trinajstić information content (AvgIpc) is 3.26. The topological polar surface area (TPSA) is 123 Å². The predicted molar refractivity (Wildman–Crippen MR) is 172 cm³/mol. The molecule has 0 saturated carbocycles. The average molecular weight is 613 g/mol. The molecule has 2 unspecified atom stereocenters. The van der Waals surface area contributed by atoms with E-state index >= 15 is 0 Å². The van der Waals surface area contributed by atoms with Crippen molar-refractivity contribution >= 4 is 18.3 Å². The number of hydrogen-bond acceptors (Lipinski definition) is 7. The van der Waals surface area contributed by atoms with Crippen molar-refractivity contribution in [1.82, 2.24) is 15.1 Å². The van der Waals surface area contributed by atoms with Crippen LogP contribution in [-0.4, -0.2) is 81.1 Å². The Hall–Kier alpha value is -2.23. The molecule has 2 heterocycles. The summed E-state index contributed by atoms with van der Waals surface area (Å²) in [6.07, 6.45) is 6.70. The van der Waals surface area contributed by atoms with Crippen LogP contribution in [0.4, 0.5) is 14.4 Å². The number of nitrogens with zero attached hydrogens (tertiary/aromatic N) is 2. The van der Waals surface area contributed by atoms with Crippen molar-refractivity contribution in [2.24, 2.45) is 5.73 Å². The van der Waals surface area contributed by atoms with Crippen molar-refractivity contribution in [3.8, 4) is 0 Å². The first-order valence-corrected chi connectivity index (χ1v) is 16.1. The summed E-state index contributed by atoms with van der Waals surface area (Å²) in [6, 6.07) is 0.420. The number of likely N-dealkylation sites (tertiary alicyclic amines) is 2. The molecular weight excluding hydrogens is 548 g/mol. The summed E-state index contributed by atoms with van der Waals surface area (Å²) in [7, 11) is 0. The Bertz CT molecular complexity index is 914. The molecule has 0 aromatic heterocycles. The number of nitrogens with two attached hydrogens (primary N) is 1. The zero-order chi connectivity index (χ0) is 33.4. The highest BCUT2D eigenvalue weighted by molar-refractivity contribution is 5.70. The standard InChI is InChI=1S/C19H36N2O4.C14H28N2O2/c1-17(2,3)24-15(22)20-13-9-10-14-11-12-19(7,8)21(14)16(23)25-18(4,5)6;1-13(2,3)18-12(17)16-11(7-6-10-15)8-9-14(16,4)5/h14H,9-13H2,1-8H3,(H,20,22);11H,6-10,15H2,1-5H3. The van der Waals surface area contributed by atoms with Gasteiger partial charge in [0.1, 0.15) is 16.8 Å². The molecule has 0 aromatic carbocycles. The van der Waals surface area contributed by atoms with Gasteiger partial charge in [-0.25, -0.2) is 14.4 Å². The van der Waals surface area contributed by atoms with Crippen molar-refractivity contribution in [3.05, 3.63) is 0 Å². The summed E-state index contributed by atoms with van der Waals surface area (Å²) in [6.45, 7) is 26.5. The van der Waals surface area contributed by atoms with Gasteiger partial charge >= 0.3 is 18.3 Å². The van der Waals surface area contributed by atoms with E-state index in [0.29, 0.717) is 13.1 Å². The summed E-state index contributed by atoms with van der Waals surface area (Å²) < 4.78 is 16.3. The SMILES string of the molecule is CC(C)(C)OC(=O)N1C(CCCN)CCC1(C)C.CC(C)(C)OC(=O)NCCCC1CCC(C)(C)N1C(=O)OC(C)(C)C. The molecule has 2 saturated heterocycles. The van der Waals surface area contributed by atoms with Gasteiger partial charge in [0.15, 0.2) is 0 Å². The van der Waals surface area contributed by atoms with Crippen LogP contribution in [0.15, 0.2) is 0 Å². The Morgan fingerprint density at radius 2 is 1.07 bits per heavy atom. The molecule has 2 fully saturated rings.